The summed E-state index contributed by atoms with van der Waals surface area (Å²) in [5, 5.41) is 5.79. The van der Waals surface area contributed by atoms with Gasteiger partial charge < -0.3 is 10.2 Å². The average Bonchev–Trinajstić information content (AvgIpc) is 2.47. The van der Waals surface area contributed by atoms with Gasteiger partial charge in [0.05, 0.1) is 5.92 Å². The summed E-state index contributed by atoms with van der Waals surface area (Å²) in [7, 11) is 0. The Hall–Kier alpha value is -1.95. The number of aromatic nitrogens is 1. The maximum Gasteiger partial charge on any atom is 0.234 e. The van der Waals surface area contributed by atoms with Gasteiger partial charge in [0, 0.05) is 38.3 Å². The monoisotopic (exact) mass is 288 g/mol. The van der Waals surface area contributed by atoms with Gasteiger partial charge in [-0.15, -0.1) is 0 Å². The molecule has 0 spiro atoms. The highest BCUT2D eigenvalue weighted by molar-refractivity contribution is 6.00. The molecule has 21 heavy (non-hydrogen) atoms. The fourth-order valence-corrected chi connectivity index (χ4v) is 2.94. The number of carbonyl (C=O) groups is 2. The van der Waals surface area contributed by atoms with Crippen LogP contribution in [0.3, 0.4) is 0 Å². The minimum Gasteiger partial charge on any atom is -0.354 e. The fourth-order valence-electron chi connectivity index (χ4n) is 2.94. The van der Waals surface area contributed by atoms with Crippen molar-refractivity contribution in [3.8, 4) is 0 Å². The number of piperazine rings is 1. The Balaban J connectivity index is 1.72. The third kappa shape index (κ3) is 3.05. The Kier molecular flexibility index (Phi) is 3.88. The number of rotatable bonds is 2. The molecule has 2 N–H and O–H groups in total. The number of imide groups is 1. The standard InChI is InChI=1S/C15H20N4O2/c1-10-9-19(7-6-16-10)13-4-2-11(8-17-13)12-3-5-14(20)18-15(12)21/h2,4,8,10,12,16H,3,5-7,9H2,1H3,(H,18,20,21)/t10-,12?/m1/s1. The molecule has 2 aliphatic rings. The Morgan fingerprint density at radius 2 is 2.19 bits per heavy atom. The summed E-state index contributed by atoms with van der Waals surface area (Å²) >= 11 is 0. The summed E-state index contributed by atoms with van der Waals surface area (Å²) in [6.07, 6.45) is 2.73. The van der Waals surface area contributed by atoms with Crippen LogP contribution in [-0.4, -0.2) is 42.5 Å². The molecule has 0 bridgehead atoms. The van der Waals surface area contributed by atoms with Crippen LogP contribution in [0.25, 0.3) is 0 Å². The lowest BCUT2D eigenvalue weighted by Crippen LogP contribution is -2.49. The van der Waals surface area contributed by atoms with E-state index in [1.54, 1.807) is 6.20 Å². The molecule has 1 unspecified atom stereocenters. The lowest BCUT2D eigenvalue weighted by atomic mass is 9.92. The van der Waals surface area contributed by atoms with Crippen LogP contribution in [0.4, 0.5) is 5.82 Å². The SMILES string of the molecule is C[C@@H]1CN(c2ccc(C3CCC(=O)NC3=O)cn2)CCN1. The number of hydrogen-bond donors (Lipinski definition) is 2. The molecule has 1 aromatic heterocycles. The van der Waals surface area contributed by atoms with Gasteiger partial charge in [-0.3, -0.25) is 14.9 Å². The minimum absolute atomic E-state index is 0.185. The van der Waals surface area contributed by atoms with Crippen LogP contribution >= 0.6 is 0 Å². The zero-order chi connectivity index (χ0) is 14.8. The second-order valence-electron chi connectivity index (χ2n) is 5.75. The van der Waals surface area contributed by atoms with Crippen LogP contribution in [0.1, 0.15) is 31.2 Å². The Labute approximate surface area is 123 Å². The van der Waals surface area contributed by atoms with E-state index in [1.807, 2.05) is 12.1 Å². The first-order valence-corrected chi connectivity index (χ1v) is 7.41. The predicted octanol–water partition coefficient (Wildman–Crippen LogP) is 0.400. The van der Waals surface area contributed by atoms with Crippen molar-refractivity contribution >= 4 is 17.6 Å². The number of carbonyl (C=O) groups excluding carboxylic acids is 2. The summed E-state index contributed by atoms with van der Waals surface area (Å²) in [6.45, 7) is 4.99. The normalized spacial score (nSPS) is 26.6. The fraction of sp³-hybridized carbons (Fsp3) is 0.533. The first-order valence-electron chi connectivity index (χ1n) is 7.41. The molecule has 0 aliphatic carbocycles. The zero-order valence-electron chi connectivity index (χ0n) is 12.1. The number of piperidine rings is 1. The molecular formula is C15H20N4O2. The summed E-state index contributed by atoms with van der Waals surface area (Å²) < 4.78 is 0. The molecule has 2 fully saturated rings. The molecule has 2 amide bonds. The maximum atomic E-state index is 11.9. The van der Waals surface area contributed by atoms with E-state index in [9.17, 15) is 9.59 Å². The lowest BCUT2D eigenvalue weighted by molar-refractivity contribution is -0.134. The van der Waals surface area contributed by atoms with Crippen molar-refractivity contribution < 1.29 is 9.59 Å². The van der Waals surface area contributed by atoms with Gasteiger partial charge in [0.15, 0.2) is 0 Å². The molecule has 3 heterocycles. The third-order valence-electron chi connectivity index (χ3n) is 4.11. The first-order chi connectivity index (χ1) is 10.1. The number of nitrogens with one attached hydrogen (secondary N) is 2. The quantitative estimate of drug-likeness (QED) is 0.771. The van der Waals surface area contributed by atoms with Crippen molar-refractivity contribution in [1.82, 2.24) is 15.6 Å². The lowest BCUT2D eigenvalue weighted by Gasteiger charge is -2.33. The minimum atomic E-state index is -0.258. The number of pyridine rings is 1. The van der Waals surface area contributed by atoms with Crippen LogP contribution in [0.15, 0.2) is 18.3 Å². The van der Waals surface area contributed by atoms with Crippen molar-refractivity contribution in [2.45, 2.75) is 31.7 Å². The smallest absolute Gasteiger partial charge is 0.234 e. The van der Waals surface area contributed by atoms with E-state index in [2.05, 4.69) is 27.4 Å². The van der Waals surface area contributed by atoms with Gasteiger partial charge >= 0.3 is 0 Å². The highest BCUT2D eigenvalue weighted by Crippen LogP contribution is 2.25. The van der Waals surface area contributed by atoms with Gasteiger partial charge in [-0.25, -0.2) is 4.98 Å². The second-order valence-corrected chi connectivity index (χ2v) is 5.75. The molecule has 3 rings (SSSR count). The van der Waals surface area contributed by atoms with Crippen molar-refractivity contribution in [1.29, 1.82) is 0 Å². The molecule has 2 saturated heterocycles. The number of amides is 2. The number of nitrogens with zero attached hydrogens (tertiary/aromatic N) is 2. The van der Waals surface area contributed by atoms with Crippen LogP contribution in [0, 0.1) is 0 Å². The van der Waals surface area contributed by atoms with Crippen LogP contribution in [0.2, 0.25) is 0 Å². The highest BCUT2D eigenvalue weighted by Gasteiger charge is 2.28. The molecule has 2 aliphatic heterocycles. The molecule has 0 aromatic carbocycles. The van der Waals surface area contributed by atoms with Crippen molar-refractivity contribution in [2.75, 3.05) is 24.5 Å². The number of hydrogen-bond acceptors (Lipinski definition) is 5. The summed E-state index contributed by atoms with van der Waals surface area (Å²) in [4.78, 5) is 29.8. The molecule has 2 atom stereocenters. The molecule has 6 heteroatoms. The maximum absolute atomic E-state index is 11.9. The van der Waals surface area contributed by atoms with Crippen molar-refractivity contribution in [3.63, 3.8) is 0 Å². The number of anilines is 1. The summed E-state index contributed by atoms with van der Waals surface area (Å²) in [5.74, 6) is 0.290. The van der Waals surface area contributed by atoms with E-state index in [0.717, 1.165) is 31.0 Å². The molecule has 1 aromatic rings. The largest absolute Gasteiger partial charge is 0.354 e. The van der Waals surface area contributed by atoms with Crippen molar-refractivity contribution in [2.24, 2.45) is 0 Å². The third-order valence-corrected chi connectivity index (χ3v) is 4.11. The van der Waals surface area contributed by atoms with Gasteiger partial charge in [0.25, 0.3) is 0 Å². The summed E-state index contributed by atoms with van der Waals surface area (Å²) in [6, 6.07) is 4.38. The van der Waals surface area contributed by atoms with Crippen LogP contribution in [-0.2, 0) is 9.59 Å². The summed E-state index contributed by atoms with van der Waals surface area (Å²) in [5.41, 5.74) is 0.881. The van der Waals surface area contributed by atoms with E-state index in [-0.39, 0.29) is 17.7 Å². The molecule has 6 nitrogen and oxygen atoms in total. The molecular weight excluding hydrogens is 268 g/mol. The Morgan fingerprint density at radius 1 is 1.33 bits per heavy atom. The van der Waals surface area contributed by atoms with Crippen LogP contribution < -0.4 is 15.5 Å². The van der Waals surface area contributed by atoms with Gasteiger partial charge in [0.1, 0.15) is 5.82 Å². The highest BCUT2D eigenvalue weighted by atomic mass is 16.2. The van der Waals surface area contributed by atoms with Gasteiger partial charge in [-0.2, -0.15) is 0 Å². The average molecular weight is 288 g/mol. The van der Waals surface area contributed by atoms with Crippen LogP contribution in [0.5, 0.6) is 0 Å². The molecule has 112 valence electrons. The van der Waals surface area contributed by atoms with E-state index >= 15 is 0 Å². The topological polar surface area (TPSA) is 74.3 Å². The molecule has 0 radical (unpaired) electrons. The van der Waals surface area contributed by atoms with Crippen molar-refractivity contribution in [3.05, 3.63) is 23.9 Å². The Morgan fingerprint density at radius 3 is 2.86 bits per heavy atom. The predicted molar refractivity (Wildman–Crippen MR) is 79.0 cm³/mol. The van der Waals surface area contributed by atoms with Gasteiger partial charge in [0.2, 0.25) is 11.8 Å². The van der Waals surface area contributed by atoms with E-state index in [1.165, 1.54) is 0 Å². The van der Waals surface area contributed by atoms with E-state index in [4.69, 9.17) is 0 Å². The van der Waals surface area contributed by atoms with Gasteiger partial charge in [-0.1, -0.05) is 6.07 Å². The second kappa shape index (κ2) is 5.81. The van der Waals surface area contributed by atoms with Gasteiger partial charge in [-0.05, 0) is 25.0 Å². The molecule has 0 saturated carbocycles. The van der Waals surface area contributed by atoms with E-state index in [0.29, 0.717) is 18.9 Å². The van der Waals surface area contributed by atoms with E-state index < -0.39 is 0 Å². The zero-order valence-corrected chi connectivity index (χ0v) is 12.1. The first kappa shape index (κ1) is 14.0. The Bertz CT molecular complexity index is 543.